The fourth-order valence-corrected chi connectivity index (χ4v) is 1.24. The lowest BCUT2D eigenvalue weighted by Gasteiger charge is -2.05. The predicted molar refractivity (Wildman–Crippen MR) is 61.8 cm³/mol. The molecule has 0 aromatic heterocycles. The van der Waals surface area contributed by atoms with Crippen molar-refractivity contribution in [3.05, 3.63) is 34.9 Å². The minimum Gasteiger partial charge on any atom is -0.481 e. The van der Waals surface area contributed by atoms with Crippen molar-refractivity contribution in [3.8, 4) is 0 Å². The summed E-state index contributed by atoms with van der Waals surface area (Å²) in [5.41, 5.74) is 0.933. The van der Waals surface area contributed by atoms with E-state index in [4.69, 9.17) is 21.7 Å². The molecular formula is C10H13Cl2NO. The van der Waals surface area contributed by atoms with Crippen LogP contribution in [-0.2, 0) is 11.2 Å². The molecule has 0 aliphatic carbocycles. The maximum atomic E-state index is 7.44. The molecular weight excluding hydrogens is 221 g/mol. The molecule has 0 bridgehead atoms. The van der Waals surface area contributed by atoms with E-state index in [1.807, 2.05) is 31.2 Å². The van der Waals surface area contributed by atoms with Crippen LogP contribution in [0.4, 0.5) is 0 Å². The van der Waals surface area contributed by atoms with Gasteiger partial charge in [0.05, 0.1) is 6.61 Å². The maximum Gasteiger partial charge on any atom is 0.184 e. The first-order valence-corrected chi connectivity index (χ1v) is 4.55. The lowest BCUT2D eigenvalue weighted by Crippen LogP contribution is -2.06. The van der Waals surface area contributed by atoms with Crippen molar-refractivity contribution in [1.82, 2.24) is 0 Å². The third kappa shape index (κ3) is 3.99. The van der Waals surface area contributed by atoms with Gasteiger partial charge in [-0.3, -0.25) is 5.41 Å². The fraction of sp³-hybridized carbons (Fsp3) is 0.300. The van der Waals surface area contributed by atoms with Crippen LogP contribution < -0.4 is 0 Å². The number of rotatable bonds is 3. The first-order valence-electron chi connectivity index (χ1n) is 4.17. The molecule has 4 heteroatoms. The Morgan fingerprint density at radius 2 is 2.07 bits per heavy atom. The summed E-state index contributed by atoms with van der Waals surface area (Å²) in [7, 11) is 0. The smallest absolute Gasteiger partial charge is 0.184 e. The summed E-state index contributed by atoms with van der Waals surface area (Å²) >= 11 is 5.92. The van der Waals surface area contributed by atoms with E-state index >= 15 is 0 Å². The average molecular weight is 234 g/mol. The number of hydrogen-bond acceptors (Lipinski definition) is 2. The molecule has 78 valence electrons. The van der Waals surface area contributed by atoms with E-state index in [1.165, 1.54) is 0 Å². The van der Waals surface area contributed by atoms with Crippen molar-refractivity contribution in [1.29, 1.82) is 5.41 Å². The van der Waals surface area contributed by atoms with Crippen LogP contribution in [0.3, 0.4) is 0 Å². The largest absolute Gasteiger partial charge is 0.481 e. The second kappa shape index (κ2) is 6.68. The molecule has 0 spiro atoms. The van der Waals surface area contributed by atoms with Gasteiger partial charge in [-0.1, -0.05) is 29.8 Å². The second-order valence-electron chi connectivity index (χ2n) is 2.62. The number of hydrogen-bond donors (Lipinski definition) is 1. The third-order valence-corrected chi connectivity index (χ3v) is 2.00. The highest BCUT2D eigenvalue weighted by Crippen LogP contribution is 2.15. The normalized spacial score (nSPS) is 9.00. The second-order valence-corrected chi connectivity index (χ2v) is 3.03. The van der Waals surface area contributed by atoms with Crippen molar-refractivity contribution in [2.45, 2.75) is 13.3 Å². The van der Waals surface area contributed by atoms with Crippen molar-refractivity contribution < 1.29 is 4.74 Å². The third-order valence-electron chi connectivity index (χ3n) is 1.63. The predicted octanol–water partition coefficient (Wildman–Crippen LogP) is 3.32. The van der Waals surface area contributed by atoms with Gasteiger partial charge < -0.3 is 4.74 Å². The zero-order valence-corrected chi connectivity index (χ0v) is 9.49. The summed E-state index contributed by atoms with van der Waals surface area (Å²) in [5, 5.41) is 8.13. The summed E-state index contributed by atoms with van der Waals surface area (Å²) in [4.78, 5) is 0. The first kappa shape index (κ1) is 13.3. The van der Waals surface area contributed by atoms with Crippen LogP contribution in [0.2, 0.25) is 5.02 Å². The van der Waals surface area contributed by atoms with Gasteiger partial charge in [-0.25, -0.2) is 0 Å². The van der Waals surface area contributed by atoms with Crippen LogP contribution in [0.5, 0.6) is 0 Å². The van der Waals surface area contributed by atoms with Crippen LogP contribution >= 0.6 is 24.0 Å². The Morgan fingerprint density at radius 1 is 1.43 bits per heavy atom. The molecule has 1 aromatic carbocycles. The molecule has 0 aliphatic rings. The van der Waals surface area contributed by atoms with Gasteiger partial charge in [0.2, 0.25) is 0 Å². The average Bonchev–Trinajstić information content (AvgIpc) is 2.09. The summed E-state index contributed by atoms with van der Waals surface area (Å²) in [6, 6.07) is 7.49. The topological polar surface area (TPSA) is 33.1 Å². The van der Waals surface area contributed by atoms with Crippen LogP contribution in [0.1, 0.15) is 12.5 Å². The molecule has 2 nitrogen and oxygen atoms in total. The lowest BCUT2D eigenvalue weighted by atomic mass is 10.1. The minimum atomic E-state index is 0. The van der Waals surface area contributed by atoms with E-state index in [0.717, 1.165) is 5.56 Å². The summed E-state index contributed by atoms with van der Waals surface area (Å²) in [6.07, 6.45) is 0.466. The van der Waals surface area contributed by atoms with E-state index in [0.29, 0.717) is 18.1 Å². The van der Waals surface area contributed by atoms with E-state index in [-0.39, 0.29) is 18.3 Å². The van der Waals surface area contributed by atoms with Gasteiger partial charge in [0.1, 0.15) is 0 Å². The van der Waals surface area contributed by atoms with Crippen LogP contribution in [-0.4, -0.2) is 12.5 Å². The lowest BCUT2D eigenvalue weighted by molar-refractivity contribution is 0.317. The Hall–Kier alpha value is -0.730. The van der Waals surface area contributed by atoms with Gasteiger partial charge in [-0.15, -0.1) is 12.4 Å². The molecule has 0 amide bonds. The Kier molecular flexibility index (Phi) is 6.34. The van der Waals surface area contributed by atoms with E-state index in [1.54, 1.807) is 0 Å². The van der Waals surface area contributed by atoms with E-state index < -0.39 is 0 Å². The number of ether oxygens (including phenoxy) is 1. The summed E-state index contributed by atoms with van der Waals surface area (Å²) < 4.78 is 5.03. The molecule has 0 saturated carbocycles. The van der Waals surface area contributed by atoms with Gasteiger partial charge in [0.25, 0.3) is 0 Å². The molecule has 0 radical (unpaired) electrons. The molecule has 14 heavy (non-hydrogen) atoms. The van der Waals surface area contributed by atoms with Crippen molar-refractivity contribution in [2.75, 3.05) is 6.61 Å². The summed E-state index contributed by atoms with van der Waals surface area (Å²) in [5.74, 6) is 0.260. The monoisotopic (exact) mass is 233 g/mol. The molecule has 1 rings (SSSR count). The Labute approximate surface area is 95.1 Å². The highest BCUT2D eigenvalue weighted by atomic mass is 35.5. The standard InChI is InChI=1S/C10H12ClNO.ClH/c1-2-13-10(12)7-8-5-3-4-6-9(8)11;/h3-6,12H,2,7H2,1H3;1H. The fourth-order valence-electron chi connectivity index (χ4n) is 1.04. The zero-order chi connectivity index (χ0) is 9.68. The summed E-state index contributed by atoms with van der Waals surface area (Å²) in [6.45, 7) is 2.39. The van der Waals surface area contributed by atoms with Crippen molar-refractivity contribution in [2.24, 2.45) is 0 Å². The quantitative estimate of drug-likeness (QED) is 0.631. The van der Waals surface area contributed by atoms with E-state index in [2.05, 4.69) is 0 Å². The van der Waals surface area contributed by atoms with Crippen molar-refractivity contribution in [3.63, 3.8) is 0 Å². The van der Waals surface area contributed by atoms with Gasteiger partial charge in [0, 0.05) is 11.4 Å². The highest BCUT2D eigenvalue weighted by Gasteiger charge is 2.02. The Balaban J connectivity index is 0.00000169. The number of halogens is 2. The van der Waals surface area contributed by atoms with Gasteiger partial charge >= 0.3 is 0 Å². The van der Waals surface area contributed by atoms with Crippen LogP contribution in [0.15, 0.2) is 24.3 Å². The molecule has 1 N–H and O–H groups in total. The number of benzene rings is 1. The SMILES string of the molecule is CCOC(=N)Cc1ccccc1Cl.Cl. The highest BCUT2D eigenvalue weighted by molar-refractivity contribution is 6.31. The Morgan fingerprint density at radius 3 is 2.64 bits per heavy atom. The van der Waals surface area contributed by atoms with Crippen LogP contribution in [0, 0.1) is 5.41 Å². The molecule has 0 aliphatic heterocycles. The first-order chi connectivity index (χ1) is 6.24. The molecule has 0 fully saturated rings. The van der Waals surface area contributed by atoms with E-state index in [9.17, 15) is 0 Å². The number of nitrogens with one attached hydrogen (secondary N) is 1. The van der Waals surface area contributed by atoms with Gasteiger partial charge in [-0.2, -0.15) is 0 Å². The molecule has 0 saturated heterocycles. The molecule has 0 atom stereocenters. The molecule has 0 heterocycles. The van der Waals surface area contributed by atoms with Gasteiger partial charge in [0.15, 0.2) is 5.90 Å². The van der Waals surface area contributed by atoms with Crippen LogP contribution in [0.25, 0.3) is 0 Å². The molecule has 0 unspecified atom stereocenters. The zero-order valence-electron chi connectivity index (χ0n) is 7.92. The minimum absolute atomic E-state index is 0. The Bertz CT molecular complexity index is 302. The molecule has 1 aromatic rings. The van der Waals surface area contributed by atoms with Gasteiger partial charge in [-0.05, 0) is 18.6 Å². The van der Waals surface area contributed by atoms with Crippen molar-refractivity contribution >= 4 is 29.9 Å². The maximum absolute atomic E-state index is 7.44.